The first-order valence-corrected chi connectivity index (χ1v) is 11.6. The monoisotopic (exact) mass is 442 g/mol. The van der Waals surface area contributed by atoms with Crippen LogP contribution in [0.4, 0.5) is 0 Å². The lowest BCUT2D eigenvalue weighted by Gasteiger charge is -2.32. The molecule has 1 N–H and O–H groups in total. The summed E-state index contributed by atoms with van der Waals surface area (Å²) < 4.78 is 0. The average Bonchev–Trinajstić information content (AvgIpc) is 2.79. The molecule has 4 heteroatoms. The lowest BCUT2D eigenvalue weighted by molar-refractivity contribution is -0.141. The Bertz CT molecular complexity index is 1080. The first kappa shape index (κ1) is 24.2. The van der Waals surface area contributed by atoms with E-state index >= 15 is 0 Å². The molecule has 0 saturated carbocycles. The van der Waals surface area contributed by atoms with Gasteiger partial charge in [0.1, 0.15) is 6.04 Å². The molecule has 3 aromatic rings. The quantitative estimate of drug-likeness (QED) is 0.506. The van der Waals surface area contributed by atoms with Gasteiger partial charge in [0.25, 0.3) is 0 Å². The van der Waals surface area contributed by atoms with Gasteiger partial charge in [-0.3, -0.25) is 9.59 Å². The van der Waals surface area contributed by atoms with Gasteiger partial charge < -0.3 is 10.2 Å². The summed E-state index contributed by atoms with van der Waals surface area (Å²) in [6, 6.07) is 25.3. The maximum absolute atomic E-state index is 13.7. The number of carbonyl (C=O) groups is 2. The summed E-state index contributed by atoms with van der Waals surface area (Å²) in [5.41, 5.74) is 5.24. The molecule has 33 heavy (non-hydrogen) atoms. The maximum Gasteiger partial charge on any atom is 0.243 e. The van der Waals surface area contributed by atoms with Crippen molar-refractivity contribution in [2.24, 2.45) is 0 Å². The second-order valence-corrected chi connectivity index (χ2v) is 8.92. The minimum atomic E-state index is -0.606. The third-order valence-electron chi connectivity index (χ3n) is 5.91. The van der Waals surface area contributed by atoms with Crippen LogP contribution in [0.3, 0.4) is 0 Å². The fourth-order valence-corrected chi connectivity index (χ4v) is 3.98. The number of hydrogen-bond acceptors (Lipinski definition) is 2. The van der Waals surface area contributed by atoms with E-state index in [2.05, 4.69) is 5.32 Å². The Morgan fingerprint density at radius 2 is 1.33 bits per heavy atom. The Hall–Kier alpha value is -3.40. The smallest absolute Gasteiger partial charge is 0.243 e. The lowest BCUT2D eigenvalue weighted by Crippen LogP contribution is -2.52. The minimum absolute atomic E-state index is 0.0115. The van der Waals surface area contributed by atoms with Gasteiger partial charge in [0, 0.05) is 19.0 Å². The summed E-state index contributed by atoms with van der Waals surface area (Å²) in [6.07, 6.45) is 0.726. The van der Waals surface area contributed by atoms with Gasteiger partial charge in [0.05, 0.1) is 6.42 Å². The minimum Gasteiger partial charge on any atom is -0.352 e. The molecular weight excluding hydrogens is 408 g/mol. The molecule has 1 atom stereocenters. The molecule has 3 rings (SSSR count). The Morgan fingerprint density at radius 3 is 1.91 bits per heavy atom. The van der Waals surface area contributed by atoms with Crippen LogP contribution in [0, 0.1) is 13.8 Å². The Labute approximate surface area is 197 Å². The van der Waals surface area contributed by atoms with Crippen molar-refractivity contribution in [3.63, 3.8) is 0 Å². The van der Waals surface area contributed by atoms with Gasteiger partial charge in [-0.05, 0) is 55.5 Å². The first-order chi connectivity index (χ1) is 15.8. The summed E-state index contributed by atoms with van der Waals surface area (Å²) in [5.74, 6) is -0.173. The molecule has 2 amide bonds. The van der Waals surface area contributed by atoms with Gasteiger partial charge >= 0.3 is 0 Å². The molecule has 0 heterocycles. The zero-order chi connectivity index (χ0) is 23.8. The van der Waals surface area contributed by atoms with Gasteiger partial charge in [-0.15, -0.1) is 0 Å². The van der Waals surface area contributed by atoms with Crippen LogP contribution in [-0.2, 0) is 29.0 Å². The third-order valence-corrected chi connectivity index (χ3v) is 5.91. The van der Waals surface area contributed by atoms with Crippen molar-refractivity contribution in [1.82, 2.24) is 10.2 Å². The van der Waals surface area contributed by atoms with Crippen molar-refractivity contribution in [2.45, 2.75) is 59.2 Å². The third kappa shape index (κ3) is 6.79. The predicted octanol–water partition coefficient (Wildman–Crippen LogP) is 5.01. The number of amides is 2. The molecule has 0 bridgehead atoms. The normalized spacial score (nSPS) is 11.8. The van der Waals surface area contributed by atoms with E-state index in [0.717, 1.165) is 27.8 Å². The molecule has 172 valence electrons. The molecule has 0 saturated heterocycles. The van der Waals surface area contributed by atoms with Crippen LogP contribution in [-0.4, -0.2) is 28.8 Å². The van der Waals surface area contributed by atoms with Crippen LogP contribution in [0.15, 0.2) is 78.9 Å². The molecule has 3 aromatic carbocycles. The van der Waals surface area contributed by atoms with Crippen molar-refractivity contribution < 1.29 is 9.59 Å². The van der Waals surface area contributed by atoms with Gasteiger partial charge in [0.15, 0.2) is 0 Å². The summed E-state index contributed by atoms with van der Waals surface area (Å²) >= 11 is 0. The van der Waals surface area contributed by atoms with E-state index < -0.39 is 6.04 Å². The van der Waals surface area contributed by atoms with Crippen molar-refractivity contribution in [1.29, 1.82) is 0 Å². The second-order valence-electron chi connectivity index (χ2n) is 8.92. The SMILES string of the molecule is Cc1ccccc1CC(=O)N(Cc1ccccc1C)[C@H](Cc1ccccc1)C(=O)NC(C)C. The highest BCUT2D eigenvalue weighted by molar-refractivity contribution is 5.89. The van der Waals surface area contributed by atoms with Crippen LogP contribution in [0.5, 0.6) is 0 Å². The number of hydrogen-bond donors (Lipinski definition) is 1. The molecule has 0 radical (unpaired) electrons. The van der Waals surface area contributed by atoms with Gasteiger partial charge in [-0.25, -0.2) is 0 Å². The molecule has 0 aliphatic carbocycles. The number of aryl methyl sites for hydroxylation is 2. The highest BCUT2D eigenvalue weighted by Crippen LogP contribution is 2.19. The fourth-order valence-electron chi connectivity index (χ4n) is 3.98. The van der Waals surface area contributed by atoms with Crippen LogP contribution in [0.1, 0.15) is 41.7 Å². The number of benzene rings is 3. The van der Waals surface area contributed by atoms with Crippen LogP contribution in [0.25, 0.3) is 0 Å². The van der Waals surface area contributed by atoms with E-state index in [1.807, 2.05) is 107 Å². The standard InChI is InChI=1S/C29H34N2O2/c1-21(2)30-29(33)27(18-24-14-6-5-7-15-24)31(20-26-17-11-9-13-23(26)4)28(32)19-25-16-10-8-12-22(25)3/h5-17,21,27H,18-20H2,1-4H3,(H,30,33)/t27-/m1/s1. The first-order valence-electron chi connectivity index (χ1n) is 11.6. The molecule has 4 nitrogen and oxygen atoms in total. The van der Waals surface area contributed by atoms with E-state index in [-0.39, 0.29) is 24.3 Å². The number of nitrogens with zero attached hydrogens (tertiary/aromatic N) is 1. The number of carbonyl (C=O) groups excluding carboxylic acids is 2. The van der Waals surface area contributed by atoms with Crippen LogP contribution in [0.2, 0.25) is 0 Å². The highest BCUT2D eigenvalue weighted by Gasteiger charge is 2.31. The van der Waals surface area contributed by atoms with Gasteiger partial charge in [-0.2, -0.15) is 0 Å². The summed E-state index contributed by atoms with van der Waals surface area (Å²) in [4.78, 5) is 28.9. The van der Waals surface area contributed by atoms with E-state index in [0.29, 0.717) is 13.0 Å². The largest absolute Gasteiger partial charge is 0.352 e. The predicted molar refractivity (Wildman–Crippen MR) is 134 cm³/mol. The molecule has 0 fully saturated rings. The van der Waals surface area contributed by atoms with Gasteiger partial charge in [0.2, 0.25) is 11.8 Å². The Balaban J connectivity index is 1.99. The average molecular weight is 443 g/mol. The number of nitrogens with one attached hydrogen (secondary N) is 1. The van der Waals surface area contributed by atoms with E-state index in [4.69, 9.17) is 0 Å². The molecule has 0 spiro atoms. The maximum atomic E-state index is 13.7. The zero-order valence-electron chi connectivity index (χ0n) is 20.0. The molecule has 0 aromatic heterocycles. The Morgan fingerprint density at radius 1 is 0.788 bits per heavy atom. The Kier molecular flexibility index (Phi) is 8.42. The summed E-state index contributed by atoms with van der Waals surface area (Å²) in [7, 11) is 0. The van der Waals surface area contributed by atoms with E-state index in [9.17, 15) is 9.59 Å². The van der Waals surface area contributed by atoms with Crippen molar-refractivity contribution >= 4 is 11.8 Å². The summed E-state index contributed by atoms with van der Waals surface area (Å²) in [5, 5.41) is 3.04. The van der Waals surface area contributed by atoms with Crippen LogP contribution < -0.4 is 5.32 Å². The van der Waals surface area contributed by atoms with Gasteiger partial charge in [-0.1, -0.05) is 78.9 Å². The van der Waals surface area contributed by atoms with Crippen LogP contribution >= 0.6 is 0 Å². The van der Waals surface area contributed by atoms with Crippen molar-refractivity contribution in [3.8, 4) is 0 Å². The molecule has 0 aliphatic heterocycles. The zero-order valence-corrected chi connectivity index (χ0v) is 20.0. The number of rotatable bonds is 9. The summed E-state index contributed by atoms with van der Waals surface area (Å²) in [6.45, 7) is 8.33. The van der Waals surface area contributed by atoms with E-state index in [1.165, 1.54) is 0 Å². The molecular formula is C29H34N2O2. The second kappa shape index (κ2) is 11.5. The lowest BCUT2D eigenvalue weighted by atomic mass is 9.99. The molecule has 0 aliphatic rings. The van der Waals surface area contributed by atoms with E-state index in [1.54, 1.807) is 4.90 Å². The van der Waals surface area contributed by atoms with Crippen molar-refractivity contribution in [3.05, 3.63) is 107 Å². The fraction of sp³-hybridized carbons (Fsp3) is 0.310. The topological polar surface area (TPSA) is 49.4 Å². The van der Waals surface area contributed by atoms with Crippen molar-refractivity contribution in [2.75, 3.05) is 0 Å². The highest BCUT2D eigenvalue weighted by atomic mass is 16.2. The molecule has 0 unspecified atom stereocenters.